The van der Waals surface area contributed by atoms with E-state index in [-0.39, 0.29) is 0 Å². The van der Waals surface area contributed by atoms with Gasteiger partial charge in [0.15, 0.2) is 17.5 Å². The van der Waals surface area contributed by atoms with Gasteiger partial charge in [-0.15, -0.1) is 0 Å². The SMILES string of the molecule is c1ccc2c(-c3cnc(-c4nc(-c5cc6ccccc6c6ccccc56)nc(-c5cc6ccccc6c6ccccc56)n4)nc3)nccc2c1. The maximum absolute atomic E-state index is 5.22. The fourth-order valence-electron chi connectivity index (χ4n) is 7.11. The van der Waals surface area contributed by atoms with Crippen LogP contribution in [0, 0.1) is 0 Å². The van der Waals surface area contributed by atoms with Crippen LogP contribution in [-0.4, -0.2) is 29.9 Å². The zero-order chi connectivity index (χ0) is 33.0. The normalized spacial score (nSPS) is 11.6. The molecular weight excluding hydrogens is 613 g/mol. The van der Waals surface area contributed by atoms with E-state index in [0.29, 0.717) is 23.3 Å². The van der Waals surface area contributed by atoms with E-state index in [1.807, 2.05) is 24.4 Å². The lowest BCUT2D eigenvalue weighted by Crippen LogP contribution is -2.03. The number of hydrogen-bond acceptors (Lipinski definition) is 6. The Labute approximate surface area is 286 Å². The van der Waals surface area contributed by atoms with Crippen LogP contribution in [0.3, 0.4) is 0 Å². The minimum Gasteiger partial charge on any atom is -0.255 e. The van der Waals surface area contributed by atoms with Gasteiger partial charge in [0.1, 0.15) is 0 Å². The first-order valence-corrected chi connectivity index (χ1v) is 16.5. The summed E-state index contributed by atoms with van der Waals surface area (Å²) in [7, 11) is 0. The van der Waals surface area contributed by atoms with Gasteiger partial charge in [-0.3, -0.25) is 4.98 Å². The number of benzene rings is 7. The standard InChI is InChI=1S/C44H26N6/c1-6-16-33-27(11-1)21-22-45-40(33)30-25-46-43(47-26-30)44-49-41(38-23-28-12-2-4-14-31(28)34-17-7-9-19-36(34)38)48-42(50-44)39-24-29-13-3-5-15-32(29)35-18-8-10-20-37(35)39/h1-26H. The van der Waals surface area contributed by atoms with Gasteiger partial charge in [0, 0.05) is 40.7 Å². The van der Waals surface area contributed by atoms with Crippen molar-refractivity contribution in [2.24, 2.45) is 0 Å². The Morgan fingerprint density at radius 1 is 0.320 bits per heavy atom. The van der Waals surface area contributed by atoms with Gasteiger partial charge in [0.2, 0.25) is 5.82 Å². The summed E-state index contributed by atoms with van der Waals surface area (Å²) in [6, 6.07) is 48.3. The van der Waals surface area contributed by atoms with Crippen LogP contribution >= 0.6 is 0 Å². The highest BCUT2D eigenvalue weighted by Crippen LogP contribution is 2.37. The van der Waals surface area contributed by atoms with Crippen LogP contribution in [0.5, 0.6) is 0 Å². The molecule has 0 saturated carbocycles. The maximum atomic E-state index is 5.22. The Kier molecular flexibility index (Phi) is 6.39. The summed E-state index contributed by atoms with van der Waals surface area (Å²) < 4.78 is 0. The lowest BCUT2D eigenvalue weighted by molar-refractivity contribution is 1.03. The topological polar surface area (TPSA) is 77.3 Å². The van der Waals surface area contributed by atoms with Crippen molar-refractivity contribution >= 4 is 53.9 Å². The number of nitrogens with zero attached hydrogens (tertiary/aromatic N) is 6. The highest BCUT2D eigenvalue weighted by atomic mass is 15.1. The molecule has 0 amide bonds. The molecule has 0 unspecified atom stereocenters. The van der Waals surface area contributed by atoms with Crippen LogP contribution in [0.15, 0.2) is 158 Å². The molecule has 0 N–H and O–H groups in total. The molecule has 6 nitrogen and oxygen atoms in total. The van der Waals surface area contributed by atoms with E-state index in [1.165, 1.54) is 10.8 Å². The van der Waals surface area contributed by atoms with E-state index in [9.17, 15) is 0 Å². The zero-order valence-corrected chi connectivity index (χ0v) is 26.7. The lowest BCUT2D eigenvalue weighted by atomic mass is 9.96. The Balaban J connectivity index is 1.22. The predicted molar refractivity (Wildman–Crippen MR) is 202 cm³/mol. The summed E-state index contributed by atoms with van der Waals surface area (Å²) in [5, 5.41) is 11.2. The first-order valence-electron chi connectivity index (χ1n) is 16.5. The fraction of sp³-hybridized carbons (Fsp3) is 0. The Bertz CT molecular complexity index is 2790. The van der Waals surface area contributed by atoms with Crippen LogP contribution in [0.4, 0.5) is 0 Å². The van der Waals surface area contributed by atoms with E-state index in [2.05, 4.69) is 126 Å². The minimum atomic E-state index is 0.400. The van der Waals surface area contributed by atoms with Crippen LogP contribution < -0.4 is 0 Å². The van der Waals surface area contributed by atoms with Gasteiger partial charge in [-0.2, -0.15) is 0 Å². The summed E-state index contributed by atoms with van der Waals surface area (Å²) in [6.07, 6.45) is 5.42. The van der Waals surface area contributed by atoms with Crippen molar-refractivity contribution in [3.05, 3.63) is 158 Å². The van der Waals surface area contributed by atoms with E-state index in [1.54, 1.807) is 12.4 Å². The molecule has 0 aliphatic rings. The summed E-state index contributed by atoms with van der Waals surface area (Å²) in [5.41, 5.74) is 3.50. The monoisotopic (exact) mass is 638 g/mol. The Morgan fingerprint density at radius 3 is 1.32 bits per heavy atom. The molecule has 10 rings (SSSR count). The van der Waals surface area contributed by atoms with Gasteiger partial charge in [-0.05, 0) is 66.7 Å². The average Bonchev–Trinajstić information content (AvgIpc) is 3.20. The van der Waals surface area contributed by atoms with Crippen molar-refractivity contribution in [2.45, 2.75) is 0 Å². The minimum absolute atomic E-state index is 0.400. The summed E-state index contributed by atoms with van der Waals surface area (Å²) >= 11 is 0. The van der Waals surface area contributed by atoms with E-state index in [0.717, 1.165) is 65.5 Å². The molecule has 232 valence electrons. The highest BCUT2D eigenvalue weighted by molar-refractivity contribution is 6.14. The molecule has 0 atom stereocenters. The molecule has 0 spiro atoms. The quantitative estimate of drug-likeness (QED) is 0.179. The smallest absolute Gasteiger partial charge is 0.201 e. The molecule has 0 bridgehead atoms. The van der Waals surface area contributed by atoms with Gasteiger partial charge >= 0.3 is 0 Å². The van der Waals surface area contributed by atoms with E-state index >= 15 is 0 Å². The molecule has 0 aliphatic carbocycles. The van der Waals surface area contributed by atoms with Gasteiger partial charge in [0.05, 0.1) is 5.69 Å². The molecule has 10 aromatic rings. The van der Waals surface area contributed by atoms with E-state index in [4.69, 9.17) is 24.9 Å². The molecule has 0 saturated heterocycles. The van der Waals surface area contributed by atoms with Crippen molar-refractivity contribution in [3.8, 4) is 45.7 Å². The average molecular weight is 639 g/mol. The third-order valence-electron chi connectivity index (χ3n) is 9.45. The van der Waals surface area contributed by atoms with E-state index < -0.39 is 0 Å². The Morgan fingerprint density at radius 2 is 0.760 bits per heavy atom. The number of hydrogen-bond donors (Lipinski definition) is 0. The van der Waals surface area contributed by atoms with Crippen molar-refractivity contribution < 1.29 is 0 Å². The second-order valence-electron chi connectivity index (χ2n) is 12.4. The molecule has 50 heavy (non-hydrogen) atoms. The molecule has 0 fully saturated rings. The van der Waals surface area contributed by atoms with Crippen molar-refractivity contribution in [2.75, 3.05) is 0 Å². The summed E-state index contributed by atoms with van der Waals surface area (Å²) in [5.74, 6) is 1.94. The first-order chi connectivity index (χ1) is 24.8. The van der Waals surface area contributed by atoms with Gasteiger partial charge in [-0.1, -0.05) is 121 Å². The van der Waals surface area contributed by atoms with Gasteiger partial charge in [-0.25, -0.2) is 24.9 Å². The second-order valence-corrected chi connectivity index (χ2v) is 12.4. The third-order valence-corrected chi connectivity index (χ3v) is 9.45. The third kappa shape index (κ3) is 4.58. The molecular formula is C44H26N6. The molecule has 0 aliphatic heterocycles. The van der Waals surface area contributed by atoms with Crippen LogP contribution in [0.1, 0.15) is 0 Å². The Hall–Kier alpha value is -6.92. The fourth-order valence-corrected chi connectivity index (χ4v) is 7.11. The van der Waals surface area contributed by atoms with Crippen molar-refractivity contribution in [3.63, 3.8) is 0 Å². The maximum Gasteiger partial charge on any atom is 0.201 e. The lowest BCUT2D eigenvalue weighted by Gasteiger charge is -2.14. The van der Waals surface area contributed by atoms with Crippen molar-refractivity contribution in [1.29, 1.82) is 0 Å². The summed E-state index contributed by atoms with van der Waals surface area (Å²) in [4.78, 5) is 29.7. The number of rotatable bonds is 4. The highest BCUT2D eigenvalue weighted by Gasteiger charge is 2.19. The molecule has 7 aromatic carbocycles. The van der Waals surface area contributed by atoms with Crippen LogP contribution in [0.25, 0.3) is 99.5 Å². The summed E-state index contributed by atoms with van der Waals surface area (Å²) in [6.45, 7) is 0. The van der Waals surface area contributed by atoms with Gasteiger partial charge < -0.3 is 0 Å². The number of fused-ring (bicyclic) bond motifs is 7. The molecule has 0 radical (unpaired) electrons. The number of aromatic nitrogens is 6. The molecule has 3 heterocycles. The first kappa shape index (κ1) is 28.1. The zero-order valence-electron chi connectivity index (χ0n) is 26.7. The van der Waals surface area contributed by atoms with Crippen LogP contribution in [0.2, 0.25) is 0 Å². The largest absolute Gasteiger partial charge is 0.255 e. The molecule has 6 heteroatoms. The van der Waals surface area contributed by atoms with Crippen molar-refractivity contribution in [1.82, 2.24) is 29.9 Å². The predicted octanol–water partition coefficient (Wildman–Crippen LogP) is 10.5. The number of pyridine rings is 1. The second kappa shape index (κ2) is 11.4. The molecule has 3 aromatic heterocycles. The van der Waals surface area contributed by atoms with Crippen LogP contribution in [-0.2, 0) is 0 Å². The van der Waals surface area contributed by atoms with Gasteiger partial charge in [0.25, 0.3) is 0 Å².